The third-order valence-electron chi connectivity index (χ3n) is 5.09. The van der Waals surface area contributed by atoms with Crippen molar-refractivity contribution in [2.75, 3.05) is 0 Å². The Bertz CT molecular complexity index is 687. The van der Waals surface area contributed by atoms with Crippen LogP contribution in [0.5, 0.6) is 0 Å². The molecule has 0 amide bonds. The van der Waals surface area contributed by atoms with Crippen LogP contribution in [0.3, 0.4) is 0 Å². The summed E-state index contributed by atoms with van der Waals surface area (Å²) in [6, 6.07) is 21.2. The second-order valence-electron chi connectivity index (χ2n) is 11.9. The summed E-state index contributed by atoms with van der Waals surface area (Å²) in [5.74, 6) is 0. The van der Waals surface area contributed by atoms with Crippen LogP contribution in [0.1, 0.15) is 79.4 Å². The second kappa shape index (κ2) is 9.66. The van der Waals surface area contributed by atoms with E-state index in [0.29, 0.717) is 0 Å². The van der Waals surface area contributed by atoms with Gasteiger partial charge in [-0.25, -0.2) is 9.78 Å². The van der Waals surface area contributed by atoms with Gasteiger partial charge in [-0.15, -0.1) is 0 Å². The molecule has 0 heterocycles. The molecule has 0 aliphatic rings. The van der Waals surface area contributed by atoms with E-state index in [1.165, 1.54) is 11.1 Å². The van der Waals surface area contributed by atoms with Gasteiger partial charge in [0.05, 0.1) is 0 Å². The zero-order valence-corrected chi connectivity index (χ0v) is 20.4. The third kappa shape index (κ3) is 9.02. The largest absolute Gasteiger partial charge is 0.229 e. The average Bonchev–Trinajstić information content (AvgIpc) is 2.59. The van der Waals surface area contributed by atoms with E-state index in [-0.39, 0.29) is 10.8 Å². The van der Waals surface area contributed by atoms with Gasteiger partial charge in [0.25, 0.3) is 0 Å². The van der Waals surface area contributed by atoms with Crippen LogP contribution in [-0.2, 0) is 22.6 Å². The molecule has 30 heavy (non-hydrogen) atoms. The van der Waals surface area contributed by atoms with Crippen LogP contribution in [0.4, 0.5) is 0 Å². The van der Waals surface area contributed by atoms with E-state index in [2.05, 4.69) is 116 Å². The van der Waals surface area contributed by atoms with Gasteiger partial charge in [0.1, 0.15) is 11.2 Å². The number of hydrogen-bond donors (Lipinski definition) is 0. The molecule has 2 nitrogen and oxygen atoms in total. The lowest BCUT2D eigenvalue weighted by Crippen LogP contribution is -2.43. The lowest BCUT2D eigenvalue weighted by atomic mass is 9.79. The van der Waals surface area contributed by atoms with Crippen LogP contribution < -0.4 is 0 Å². The van der Waals surface area contributed by atoms with Crippen molar-refractivity contribution in [1.82, 2.24) is 0 Å². The van der Waals surface area contributed by atoms with Gasteiger partial charge in [-0.1, -0.05) is 102 Å². The predicted octanol–water partition coefficient (Wildman–Crippen LogP) is 7.81. The van der Waals surface area contributed by atoms with Crippen LogP contribution in [0, 0.1) is 10.8 Å². The Morgan fingerprint density at radius 1 is 0.500 bits per heavy atom. The highest BCUT2D eigenvalue weighted by Crippen LogP contribution is 2.37. The molecule has 166 valence electrons. The van der Waals surface area contributed by atoms with Crippen molar-refractivity contribution < 1.29 is 9.78 Å². The standard InChI is InChI=1S/C28H42O2/c1-25(2,3)21-27(7,19-23-15-11-9-12-16-23)29-30-28(8,22-26(4,5)6)20-24-17-13-10-14-18-24/h9-18H,19-22H2,1-8H3. The molecule has 2 heteroatoms. The van der Waals surface area contributed by atoms with E-state index in [9.17, 15) is 0 Å². The first-order chi connectivity index (χ1) is 13.8. The maximum atomic E-state index is 6.39. The van der Waals surface area contributed by atoms with E-state index >= 15 is 0 Å². The molecule has 0 bridgehead atoms. The minimum atomic E-state index is -0.407. The van der Waals surface area contributed by atoms with Crippen molar-refractivity contribution in [2.24, 2.45) is 10.8 Å². The van der Waals surface area contributed by atoms with Crippen LogP contribution >= 0.6 is 0 Å². The molecule has 0 saturated carbocycles. The molecule has 2 atom stereocenters. The van der Waals surface area contributed by atoms with Gasteiger partial charge in [-0.3, -0.25) is 0 Å². The highest BCUT2D eigenvalue weighted by Gasteiger charge is 2.38. The smallest absolute Gasteiger partial charge is 0.105 e. The second-order valence-corrected chi connectivity index (χ2v) is 11.9. The van der Waals surface area contributed by atoms with Crippen LogP contribution in [0.2, 0.25) is 0 Å². The van der Waals surface area contributed by atoms with Crippen molar-refractivity contribution in [3.63, 3.8) is 0 Å². The van der Waals surface area contributed by atoms with Gasteiger partial charge >= 0.3 is 0 Å². The normalized spacial score (nSPS) is 16.7. The zero-order valence-electron chi connectivity index (χ0n) is 20.4. The fraction of sp³-hybridized carbons (Fsp3) is 0.571. The highest BCUT2D eigenvalue weighted by atomic mass is 17.2. The maximum Gasteiger partial charge on any atom is 0.105 e. The SMILES string of the molecule is CC(C)(C)CC(C)(Cc1ccccc1)OOC(C)(Cc1ccccc1)CC(C)(C)C. The molecule has 0 aromatic heterocycles. The number of rotatable bonds is 9. The summed E-state index contributed by atoms with van der Waals surface area (Å²) in [5, 5.41) is 0. The first kappa shape index (κ1) is 24.6. The first-order valence-electron chi connectivity index (χ1n) is 11.2. The Morgan fingerprint density at radius 2 is 0.800 bits per heavy atom. The molecule has 0 aliphatic carbocycles. The van der Waals surface area contributed by atoms with E-state index in [4.69, 9.17) is 9.78 Å². The van der Waals surface area contributed by atoms with Crippen molar-refractivity contribution in [1.29, 1.82) is 0 Å². The molecular weight excluding hydrogens is 368 g/mol. The highest BCUT2D eigenvalue weighted by molar-refractivity contribution is 5.18. The van der Waals surface area contributed by atoms with Gasteiger partial charge < -0.3 is 0 Å². The summed E-state index contributed by atoms with van der Waals surface area (Å²) in [5.41, 5.74) is 1.99. The monoisotopic (exact) mass is 410 g/mol. The Balaban J connectivity index is 2.24. The molecule has 0 N–H and O–H groups in total. The fourth-order valence-corrected chi connectivity index (χ4v) is 4.74. The number of hydrogen-bond acceptors (Lipinski definition) is 2. The number of benzene rings is 2. The molecule has 0 fully saturated rings. The lowest BCUT2D eigenvalue weighted by Gasteiger charge is -2.40. The van der Waals surface area contributed by atoms with Crippen molar-refractivity contribution in [3.8, 4) is 0 Å². The molecule has 0 spiro atoms. The van der Waals surface area contributed by atoms with Gasteiger partial charge in [-0.05, 0) is 48.6 Å². The minimum Gasteiger partial charge on any atom is -0.229 e. The van der Waals surface area contributed by atoms with E-state index in [0.717, 1.165) is 25.7 Å². The van der Waals surface area contributed by atoms with E-state index in [1.807, 2.05) is 0 Å². The van der Waals surface area contributed by atoms with Crippen LogP contribution in [0.15, 0.2) is 60.7 Å². The Morgan fingerprint density at radius 3 is 1.07 bits per heavy atom. The van der Waals surface area contributed by atoms with Crippen molar-refractivity contribution >= 4 is 0 Å². The van der Waals surface area contributed by atoms with Crippen LogP contribution in [0.25, 0.3) is 0 Å². The summed E-state index contributed by atoms with van der Waals surface area (Å²) in [7, 11) is 0. The van der Waals surface area contributed by atoms with Gasteiger partial charge in [0, 0.05) is 12.8 Å². The maximum absolute atomic E-state index is 6.39. The molecule has 2 unspecified atom stereocenters. The quantitative estimate of drug-likeness (QED) is 0.310. The van der Waals surface area contributed by atoms with E-state index in [1.54, 1.807) is 0 Å². The molecule has 0 aliphatic heterocycles. The lowest BCUT2D eigenvalue weighted by molar-refractivity contribution is -0.414. The van der Waals surface area contributed by atoms with E-state index < -0.39 is 11.2 Å². The molecule has 2 aromatic carbocycles. The molecule has 0 radical (unpaired) electrons. The summed E-state index contributed by atoms with van der Waals surface area (Å²) < 4.78 is 0. The Hall–Kier alpha value is -1.64. The average molecular weight is 411 g/mol. The molecule has 2 aromatic rings. The summed E-state index contributed by atoms with van der Waals surface area (Å²) in [6.07, 6.45) is 3.46. The molecular formula is C28H42O2. The third-order valence-corrected chi connectivity index (χ3v) is 5.09. The van der Waals surface area contributed by atoms with Crippen molar-refractivity contribution in [2.45, 2.75) is 92.3 Å². The predicted molar refractivity (Wildman–Crippen MR) is 127 cm³/mol. The molecule has 2 rings (SSSR count). The van der Waals surface area contributed by atoms with Gasteiger partial charge in [-0.2, -0.15) is 0 Å². The topological polar surface area (TPSA) is 18.5 Å². The van der Waals surface area contributed by atoms with Gasteiger partial charge in [0.2, 0.25) is 0 Å². The zero-order chi connectivity index (χ0) is 22.5. The summed E-state index contributed by atoms with van der Waals surface area (Å²) >= 11 is 0. The fourth-order valence-electron chi connectivity index (χ4n) is 4.74. The summed E-state index contributed by atoms with van der Waals surface area (Å²) in [6.45, 7) is 17.9. The van der Waals surface area contributed by atoms with Crippen LogP contribution in [-0.4, -0.2) is 11.2 Å². The van der Waals surface area contributed by atoms with Gasteiger partial charge in [0.15, 0.2) is 0 Å². The Labute approximate surface area is 184 Å². The summed E-state index contributed by atoms with van der Waals surface area (Å²) in [4.78, 5) is 12.8. The Kier molecular flexibility index (Phi) is 7.93. The first-order valence-corrected chi connectivity index (χ1v) is 11.2. The van der Waals surface area contributed by atoms with Crippen molar-refractivity contribution in [3.05, 3.63) is 71.8 Å². The minimum absolute atomic E-state index is 0.132. The molecule has 0 saturated heterocycles.